The lowest BCUT2D eigenvalue weighted by Crippen LogP contribution is -2.50. The maximum absolute atomic E-state index is 10.8. The summed E-state index contributed by atoms with van der Waals surface area (Å²) in [5.41, 5.74) is -0.998. The van der Waals surface area contributed by atoms with Crippen molar-refractivity contribution in [2.24, 2.45) is 0 Å². The molecule has 0 bridgehead atoms. The third-order valence-corrected chi connectivity index (χ3v) is 3.07. The summed E-state index contributed by atoms with van der Waals surface area (Å²) in [7, 11) is 0. The minimum Gasteiger partial charge on any atom is -0.375 e. The summed E-state index contributed by atoms with van der Waals surface area (Å²) in [4.78, 5) is 0. The van der Waals surface area contributed by atoms with Gasteiger partial charge in [0.2, 0.25) is 0 Å². The second-order valence-corrected chi connectivity index (χ2v) is 4.46. The van der Waals surface area contributed by atoms with E-state index in [0.717, 1.165) is 0 Å². The third kappa shape index (κ3) is 2.04. The molecule has 2 aromatic rings. The van der Waals surface area contributed by atoms with Gasteiger partial charge in [-0.2, -0.15) is 0 Å². The molecule has 0 fully saturated rings. The molecule has 18 heavy (non-hydrogen) atoms. The minimum atomic E-state index is -2.28. The lowest BCUT2D eigenvalue weighted by molar-refractivity contribution is -0.252. The van der Waals surface area contributed by atoms with Gasteiger partial charge in [-0.1, -0.05) is 60.7 Å². The summed E-state index contributed by atoms with van der Waals surface area (Å²) in [6.45, 7) is 1.17. The standard InChI is InChI=1S/C15H16O3/c1-14(16,17)15(18,12-8-4-2-5-9-12)13-10-6-3-7-11-13/h2-11,16-18H,1H3. The van der Waals surface area contributed by atoms with Crippen molar-refractivity contribution in [3.63, 3.8) is 0 Å². The zero-order valence-electron chi connectivity index (χ0n) is 10.1. The molecular weight excluding hydrogens is 228 g/mol. The van der Waals surface area contributed by atoms with Crippen molar-refractivity contribution in [3.8, 4) is 0 Å². The molecule has 0 atom stereocenters. The summed E-state index contributed by atoms with van der Waals surface area (Å²) < 4.78 is 0. The number of benzene rings is 2. The fourth-order valence-electron chi connectivity index (χ4n) is 2.07. The van der Waals surface area contributed by atoms with E-state index in [0.29, 0.717) is 11.1 Å². The second-order valence-electron chi connectivity index (χ2n) is 4.46. The Morgan fingerprint density at radius 3 is 1.28 bits per heavy atom. The largest absolute Gasteiger partial charge is 0.375 e. The Balaban J connectivity index is 2.63. The van der Waals surface area contributed by atoms with E-state index in [1.165, 1.54) is 6.92 Å². The number of rotatable bonds is 3. The Morgan fingerprint density at radius 2 is 1.00 bits per heavy atom. The molecule has 94 valence electrons. The van der Waals surface area contributed by atoms with Crippen LogP contribution < -0.4 is 0 Å². The Kier molecular flexibility index (Phi) is 3.22. The van der Waals surface area contributed by atoms with E-state index in [4.69, 9.17) is 0 Å². The van der Waals surface area contributed by atoms with Crippen LogP contribution in [-0.4, -0.2) is 21.1 Å². The monoisotopic (exact) mass is 244 g/mol. The van der Waals surface area contributed by atoms with E-state index in [1.54, 1.807) is 60.7 Å². The first-order valence-electron chi connectivity index (χ1n) is 5.74. The lowest BCUT2D eigenvalue weighted by atomic mass is 9.80. The average molecular weight is 244 g/mol. The van der Waals surface area contributed by atoms with Crippen molar-refractivity contribution in [1.29, 1.82) is 0 Å². The summed E-state index contributed by atoms with van der Waals surface area (Å²) in [6, 6.07) is 17.3. The van der Waals surface area contributed by atoms with Crippen molar-refractivity contribution >= 4 is 0 Å². The van der Waals surface area contributed by atoms with E-state index < -0.39 is 11.4 Å². The van der Waals surface area contributed by atoms with Crippen LogP contribution in [0.3, 0.4) is 0 Å². The van der Waals surface area contributed by atoms with Crippen LogP contribution in [0.4, 0.5) is 0 Å². The summed E-state index contributed by atoms with van der Waals surface area (Å²) >= 11 is 0. The van der Waals surface area contributed by atoms with E-state index in [-0.39, 0.29) is 0 Å². The highest BCUT2D eigenvalue weighted by atomic mass is 16.5. The molecule has 3 heteroatoms. The molecule has 0 aromatic heterocycles. The molecule has 0 amide bonds. The minimum absolute atomic E-state index is 0.434. The Hall–Kier alpha value is -1.68. The van der Waals surface area contributed by atoms with E-state index in [1.807, 2.05) is 0 Å². The van der Waals surface area contributed by atoms with Gasteiger partial charge in [0.1, 0.15) is 0 Å². The molecule has 0 aliphatic rings. The van der Waals surface area contributed by atoms with Crippen LogP contribution in [-0.2, 0) is 5.60 Å². The fraction of sp³-hybridized carbons (Fsp3) is 0.200. The smallest absolute Gasteiger partial charge is 0.198 e. The first-order chi connectivity index (χ1) is 8.46. The van der Waals surface area contributed by atoms with Crippen LogP contribution >= 0.6 is 0 Å². The van der Waals surface area contributed by atoms with E-state index in [2.05, 4.69) is 0 Å². The summed E-state index contributed by atoms with van der Waals surface area (Å²) in [6.07, 6.45) is 0. The highest BCUT2D eigenvalue weighted by molar-refractivity contribution is 5.38. The van der Waals surface area contributed by atoms with Crippen LogP contribution in [0.15, 0.2) is 60.7 Å². The Morgan fingerprint density at radius 1 is 0.667 bits per heavy atom. The highest BCUT2D eigenvalue weighted by Crippen LogP contribution is 2.37. The van der Waals surface area contributed by atoms with Gasteiger partial charge in [0.15, 0.2) is 11.4 Å². The van der Waals surface area contributed by atoms with Crippen molar-refractivity contribution in [3.05, 3.63) is 71.8 Å². The zero-order valence-corrected chi connectivity index (χ0v) is 10.1. The van der Waals surface area contributed by atoms with E-state index >= 15 is 0 Å². The van der Waals surface area contributed by atoms with Crippen LogP contribution in [0.1, 0.15) is 18.1 Å². The molecule has 2 rings (SSSR count). The predicted molar refractivity (Wildman–Crippen MR) is 68.7 cm³/mol. The zero-order chi connectivity index (χ0) is 13.2. The molecule has 0 saturated heterocycles. The topological polar surface area (TPSA) is 60.7 Å². The molecule has 3 nitrogen and oxygen atoms in total. The van der Waals surface area contributed by atoms with Crippen molar-refractivity contribution in [1.82, 2.24) is 0 Å². The van der Waals surface area contributed by atoms with Gasteiger partial charge >= 0.3 is 0 Å². The van der Waals surface area contributed by atoms with Crippen LogP contribution in [0.2, 0.25) is 0 Å². The van der Waals surface area contributed by atoms with Crippen molar-refractivity contribution in [2.45, 2.75) is 18.3 Å². The molecule has 0 heterocycles. The second kappa shape index (κ2) is 4.53. The van der Waals surface area contributed by atoms with E-state index in [9.17, 15) is 15.3 Å². The van der Waals surface area contributed by atoms with Gasteiger partial charge in [0.25, 0.3) is 0 Å². The molecular formula is C15H16O3. The van der Waals surface area contributed by atoms with Gasteiger partial charge in [-0.3, -0.25) is 0 Å². The van der Waals surface area contributed by atoms with Crippen LogP contribution in [0, 0.1) is 0 Å². The van der Waals surface area contributed by atoms with Crippen molar-refractivity contribution < 1.29 is 15.3 Å². The van der Waals surface area contributed by atoms with Crippen molar-refractivity contribution in [2.75, 3.05) is 0 Å². The molecule has 2 aromatic carbocycles. The lowest BCUT2D eigenvalue weighted by Gasteiger charge is -2.38. The van der Waals surface area contributed by atoms with Gasteiger partial charge in [-0.15, -0.1) is 0 Å². The highest BCUT2D eigenvalue weighted by Gasteiger charge is 2.47. The van der Waals surface area contributed by atoms with Crippen LogP contribution in [0.25, 0.3) is 0 Å². The number of aliphatic hydroxyl groups is 3. The SMILES string of the molecule is CC(O)(O)C(O)(c1ccccc1)c1ccccc1. The van der Waals surface area contributed by atoms with Gasteiger partial charge in [0, 0.05) is 0 Å². The average Bonchev–Trinajstić information content (AvgIpc) is 2.38. The molecule has 0 spiro atoms. The predicted octanol–water partition coefficient (Wildman–Crippen LogP) is 1.62. The molecule has 0 unspecified atom stereocenters. The number of hydrogen-bond acceptors (Lipinski definition) is 3. The molecule has 0 aliphatic heterocycles. The van der Waals surface area contributed by atoms with Crippen LogP contribution in [0.5, 0.6) is 0 Å². The maximum Gasteiger partial charge on any atom is 0.198 e. The quantitative estimate of drug-likeness (QED) is 0.719. The first kappa shape index (κ1) is 12.8. The maximum atomic E-state index is 10.8. The van der Waals surface area contributed by atoms with Gasteiger partial charge < -0.3 is 15.3 Å². The van der Waals surface area contributed by atoms with Gasteiger partial charge in [0.05, 0.1) is 0 Å². The van der Waals surface area contributed by atoms with Gasteiger partial charge in [-0.05, 0) is 18.1 Å². The normalized spacial score (nSPS) is 12.4. The molecule has 0 aliphatic carbocycles. The molecule has 0 saturated carbocycles. The first-order valence-corrected chi connectivity index (χ1v) is 5.74. The Labute approximate surface area is 106 Å². The fourth-order valence-corrected chi connectivity index (χ4v) is 2.07. The Bertz CT molecular complexity index is 461. The number of hydrogen-bond donors (Lipinski definition) is 3. The van der Waals surface area contributed by atoms with Gasteiger partial charge in [-0.25, -0.2) is 0 Å². The summed E-state index contributed by atoms with van der Waals surface area (Å²) in [5.74, 6) is -2.28. The molecule has 0 radical (unpaired) electrons. The third-order valence-electron chi connectivity index (χ3n) is 3.07. The summed E-state index contributed by atoms with van der Waals surface area (Å²) in [5, 5.41) is 30.7. The molecule has 3 N–H and O–H groups in total.